The third-order valence-electron chi connectivity index (χ3n) is 2.60. The number of nitrogens with one attached hydrogen (secondary N) is 1. The van der Waals surface area contributed by atoms with Crippen LogP contribution in [0.2, 0.25) is 0 Å². The Morgan fingerprint density at radius 3 is 2.35 bits per heavy atom. The molecular weight excluding hydrogens is 271 g/mol. The number of carbonyl (C=O) groups is 1. The molecule has 0 aromatic heterocycles. The second kappa shape index (κ2) is 7.17. The van der Waals surface area contributed by atoms with E-state index in [4.69, 9.17) is 4.74 Å². The predicted molar refractivity (Wildman–Crippen MR) is 69.4 cm³/mol. The van der Waals surface area contributed by atoms with Gasteiger partial charge < -0.3 is 10.1 Å². The first-order valence-corrected chi connectivity index (χ1v) is 6.36. The number of alkyl halides is 3. The molecule has 1 N–H and O–H groups in total. The number of rotatable bonds is 6. The molecule has 0 bridgehead atoms. The average molecular weight is 289 g/mol. The summed E-state index contributed by atoms with van der Waals surface area (Å²) in [5.74, 6) is 0.439. The summed E-state index contributed by atoms with van der Waals surface area (Å²) < 4.78 is 42.1. The number of amides is 1. The van der Waals surface area contributed by atoms with E-state index in [2.05, 4.69) is 5.32 Å². The first kappa shape index (κ1) is 16.3. The molecule has 0 fully saturated rings. The Labute approximate surface area is 116 Å². The highest BCUT2D eigenvalue weighted by Gasteiger charge is 2.30. The molecule has 3 nitrogen and oxygen atoms in total. The second-order valence-electron chi connectivity index (χ2n) is 4.84. The molecule has 20 heavy (non-hydrogen) atoms. The molecule has 0 heterocycles. The molecule has 0 saturated carbocycles. The largest absolute Gasteiger partial charge is 0.484 e. The van der Waals surface area contributed by atoms with Gasteiger partial charge in [0.2, 0.25) is 0 Å². The highest BCUT2D eigenvalue weighted by molar-refractivity contribution is 5.77. The summed E-state index contributed by atoms with van der Waals surface area (Å²) in [6, 6.07) is 4.24. The number of hydrogen-bond donors (Lipinski definition) is 1. The minimum Gasteiger partial charge on any atom is -0.484 e. The zero-order valence-corrected chi connectivity index (χ0v) is 11.5. The van der Waals surface area contributed by atoms with E-state index in [1.165, 1.54) is 12.1 Å². The summed E-state index contributed by atoms with van der Waals surface area (Å²) in [5.41, 5.74) is -0.744. The molecule has 0 aliphatic heterocycles. The Bertz CT molecular complexity index is 427. The van der Waals surface area contributed by atoms with Crippen LogP contribution in [0.4, 0.5) is 13.2 Å². The van der Waals surface area contributed by atoms with Crippen molar-refractivity contribution in [1.29, 1.82) is 0 Å². The van der Waals surface area contributed by atoms with Gasteiger partial charge >= 0.3 is 6.18 Å². The smallest absolute Gasteiger partial charge is 0.416 e. The summed E-state index contributed by atoms with van der Waals surface area (Å²) >= 11 is 0. The molecule has 112 valence electrons. The maximum Gasteiger partial charge on any atom is 0.416 e. The fourth-order valence-electron chi connectivity index (χ4n) is 1.44. The first-order valence-electron chi connectivity index (χ1n) is 6.36. The molecule has 0 atom stereocenters. The maximum absolute atomic E-state index is 12.3. The summed E-state index contributed by atoms with van der Waals surface area (Å²) in [4.78, 5) is 11.4. The molecule has 1 aromatic carbocycles. The maximum atomic E-state index is 12.3. The van der Waals surface area contributed by atoms with Crippen LogP contribution in [0.1, 0.15) is 25.8 Å². The number of carbonyl (C=O) groups excluding carboxylic acids is 1. The van der Waals surface area contributed by atoms with Crippen molar-refractivity contribution in [2.75, 3.05) is 13.2 Å². The Morgan fingerprint density at radius 1 is 1.25 bits per heavy atom. The molecule has 0 aliphatic carbocycles. The third-order valence-corrected chi connectivity index (χ3v) is 2.60. The fraction of sp³-hybridized carbons (Fsp3) is 0.500. The van der Waals surface area contributed by atoms with Crippen molar-refractivity contribution in [3.8, 4) is 5.75 Å². The first-order chi connectivity index (χ1) is 9.29. The number of halogens is 3. The van der Waals surface area contributed by atoms with Crippen LogP contribution in [0.25, 0.3) is 0 Å². The van der Waals surface area contributed by atoms with E-state index in [1.807, 2.05) is 13.8 Å². The van der Waals surface area contributed by atoms with Crippen LogP contribution in [0.15, 0.2) is 24.3 Å². The fourth-order valence-corrected chi connectivity index (χ4v) is 1.44. The zero-order chi connectivity index (χ0) is 15.2. The van der Waals surface area contributed by atoms with Crippen LogP contribution < -0.4 is 10.1 Å². The Kier molecular flexibility index (Phi) is 5.85. The summed E-state index contributed by atoms with van der Waals surface area (Å²) in [5, 5.41) is 2.68. The molecule has 0 unspecified atom stereocenters. The van der Waals surface area contributed by atoms with E-state index < -0.39 is 11.7 Å². The van der Waals surface area contributed by atoms with Crippen LogP contribution in [0, 0.1) is 5.92 Å². The second-order valence-corrected chi connectivity index (χ2v) is 4.84. The van der Waals surface area contributed by atoms with Gasteiger partial charge in [-0.3, -0.25) is 4.79 Å². The van der Waals surface area contributed by atoms with E-state index in [0.29, 0.717) is 12.5 Å². The summed E-state index contributed by atoms with van der Waals surface area (Å²) in [6.45, 7) is 4.45. The molecule has 0 radical (unpaired) electrons. The SMILES string of the molecule is CC(C)CCNC(=O)COc1ccc(C(F)(F)F)cc1. The lowest BCUT2D eigenvalue weighted by Gasteiger charge is -2.10. The third kappa shape index (κ3) is 5.95. The lowest BCUT2D eigenvalue weighted by atomic mass is 10.1. The van der Waals surface area contributed by atoms with Crippen LogP contribution in [0.3, 0.4) is 0 Å². The van der Waals surface area contributed by atoms with Gasteiger partial charge in [-0.15, -0.1) is 0 Å². The van der Waals surface area contributed by atoms with E-state index in [1.54, 1.807) is 0 Å². The van der Waals surface area contributed by atoms with E-state index in [0.717, 1.165) is 18.6 Å². The number of hydrogen-bond acceptors (Lipinski definition) is 2. The van der Waals surface area contributed by atoms with Crippen molar-refractivity contribution < 1.29 is 22.7 Å². The highest BCUT2D eigenvalue weighted by atomic mass is 19.4. The van der Waals surface area contributed by atoms with Crippen LogP contribution in [-0.4, -0.2) is 19.1 Å². The molecular formula is C14H18F3NO2. The summed E-state index contributed by atoms with van der Waals surface area (Å²) in [6.07, 6.45) is -3.50. The lowest BCUT2D eigenvalue weighted by molar-refractivity contribution is -0.137. The van der Waals surface area contributed by atoms with Crippen molar-refractivity contribution >= 4 is 5.91 Å². The molecule has 1 amide bonds. The molecule has 1 aromatic rings. The Hall–Kier alpha value is -1.72. The summed E-state index contributed by atoms with van der Waals surface area (Å²) in [7, 11) is 0. The van der Waals surface area contributed by atoms with Crippen molar-refractivity contribution in [3.63, 3.8) is 0 Å². The highest BCUT2D eigenvalue weighted by Crippen LogP contribution is 2.30. The van der Waals surface area contributed by atoms with E-state index >= 15 is 0 Å². The number of ether oxygens (including phenoxy) is 1. The van der Waals surface area contributed by atoms with Gasteiger partial charge in [0.05, 0.1) is 5.56 Å². The number of benzene rings is 1. The van der Waals surface area contributed by atoms with Gasteiger partial charge in [0, 0.05) is 6.54 Å². The Morgan fingerprint density at radius 2 is 1.85 bits per heavy atom. The minimum atomic E-state index is -4.37. The van der Waals surface area contributed by atoms with Gasteiger partial charge in [-0.05, 0) is 36.6 Å². The topological polar surface area (TPSA) is 38.3 Å². The van der Waals surface area contributed by atoms with Crippen molar-refractivity contribution in [1.82, 2.24) is 5.32 Å². The lowest BCUT2D eigenvalue weighted by Crippen LogP contribution is -2.30. The van der Waals surface area contributed by atoms with Gasteiger partial charge in [-0.25, -0.2) is 0 Å². The standard InChI is InChI=1S/C14H18F3NO2/c1-10(2)7-8-18-13(19)9-20-12-5-3-11(4-6-12)14(15,16)17/h3-6,10H,7-9H2,1-2H3,(H,18,19). The molecule has 1 rings (SSSR count). The van der Waals surface area contributed by atoms with Gasteiger partial charge in [-0.1, -0.05) is 13.8 Å². The van der Waals surface area contributed by atoms with Gasteiger partial charge in [0.1, 0.15) is 5.75 Å². The predicted octanol–water partition coefficient (Wildman–Crippen LogP) is 3.25. The molecule has 0 saturated heterocycles. The van der Waals surface area contributed by atoms with Crippen LogP contribution in [0.5, 0.6) is 5.75 Å². The van der Waals surface area contributed by atoms with E-state index in [9.17, 15) is 18.0 Å². The zero-order valence-electron chi connectivity index (χ0n) is 11.5. The monoisotopic (exact) mass is 289 g/mol. The van der Waals surface area contributed by atoms with Crippen molar-refractivity contribution in [2.24, 2.45) is 5.92 Å². The molecule has 0 spiro atoms. The molecule has 6 heteroatoms. The van der Waals surface area contributed by atoms with Crippen molar-refractivity contribution in [3.05, 3.63) is 29.8 Å². The quantitative estimate of drug-likeness (QED) is 0.873. The van der Waals surface area contributed by atoms with Crippen molar-refractivity contribution in [2.45, 2.75) is 26.4 Å². The average Bonchev–Trinajstić information content (AvgIpc) is 2.35. The van der Waals surface area contributed by atoms with Crippen LogP contribution in [-0.2, 0) is 11.0 Å². The minimum absolute atomic E-state index is 0.205. The molecule has 0 aliphatic rings. The van der Waals surface area contributed by atoms with Crippen LogP contribution >= 0.6 is 0 Å². The normalized spacial score (nSPS) is 11.5. The van der Waals surface area contributed by atoms with Gasteiger partial charge in [-0.2, -0.15) is 13.2 Å². The Balaban J connectivity index is 2.37. The van der Waals surface area contributed by atoms with E-state index in [-0.39, 0.29) is 18.3 Å². The van der Waals surface area contributed by atoms with Gasteiger partial charge in [0.25, 0.3) is 5.91 Å². The van der Waals surface area contributed by atoms with Gasteiger partial charge in [0.15, 0.2) is 6.61 Å².